The Kier molecular flexibility index (Phi) is 22.8. The van der Waals surface area contributed by atoms with E-state index >= 15 is 0 Å². The van der Waals surface area contributed by atoms with Gasteiger partial charge in [-0.05, 0) is 62.5 Å². The fraction of sp³-hybridized carbons (Fsp3) is 0.627. The lowest BCUT2D eigenvalue weighted by atomic mass is 9.90. The maximum atomic E-state index is 14.7. The summed E-state index contributed by atoms with van der Waals surface area (Å²) < 4.78 is 18.1. The number of nitrogens with zero attached hydrogens (tertiary/aromatic N) is 2. The third-order valence-electron chi connectivity index (χ3n) is 12.5. The SMILES string of the molecule is CCCCCC[C@H]1OC[C@@H](C)NC(=O)[C@H]([C@H](C)OCc2ccccc2)NC(=O)C(CNC(=O)OCc2ccccc2)=NC(=O)[C@H](C2CCCCCC2)NC(=O)[C@H](CC(C)C)N(C)C(=O)[C@@H]1C. The molecule has 0 saturated heterocycles. The Morgan fingerprint density at radius 3 is 2.09 bits per heavy atom. The van der Waals surface area contributed by atoms with Crippen LogP contribution >= 0.6 is 0 Å². The Morgan fingerprint density at radius 1 is 0.833 bits per heavy atom. The number of unbranched alkanes of at least 4 members (excludes halogenated alkanes) is 3. The zero-order valence-electron chi connectivity index (χ0n) is 40.4. The molecule has 1 aliphatic carbocycles. The van der Waals surface area contributed by atoms with Crippen LogP contribution in [-0.4, -0.2) is 103 Å². The van der Waals surface area contributed by atoms with Crippen molar-refractivity contribution in [2.75, 3.05) is 20.2 Å². The fourth-order valence-corrected chi connectivity index (χ4v) is 8.51. The summed E-state index contributed by atoms with van der Waals surface area (Å²) >= 11 is 0. The average Bonchev–Trinajstić information content (AvgIpc) is 3.60. The number of hydrogen-bond acceptors (Lipinski definition) is 9. The lowest BCUT2D eigenvalue weighted by Gasteiger charge is -2.35. The van der Waals surface area contributed by atoms with Crippen LogP contribution < -0.4 is 21.3 Å². The Morgan fingerprint density at radius 2 is 1.47 bits per heavy atom. The van der Waals surface area contributed by atoms with Crippen LogP contribution in [0.5, 0.6) is 0 Å². The molecule has 2 aliphatic rings. The molecule has 66 heavy (non-hydrogen) atoms. The van der Waals surface area contributed by atoms with Crippen LogP contribution in [0.3, 0.4) is 0 Å². The predicted molar refractivity (Wildman–Crippen MR) is 254 cm³/mol. The summed E-state index contributed by atoms with van der Waals surface area (Å²) in [7, 11) is 1.62. The minimum absolute atomic E-state index is 0.0125. The topological polar surface area (TPSA) is 194 Å². The Balaban J connectivity index is 1.78. The van der Waals surface area contributed by atoms with E-state index in [1.807, 2.05) is 69.3 Å². The van der Waals surface area contributed by atoms with Gasteiger partial charge in [-0.1, -0.05) is 140 Å². The summed E-state index contributed by atoms with van der Waals surface area (Å²) in [5, 5.41) is 11.3. The number of carbonyl (C=O) groups is 6. The first-order chi connectivity index (χ1) is 31.7. The number of rotatable bonds is 16. The maximum absolute atomic E-state index is 14.7. The lowest BCUT2D eigenvalue weighted by molar-refractivity contribution is -0.147. The van der Waals surface area contributed by atoms with Crippen molar-refractivity contribution in [2.24, 2.45) is 22.7 Å². The molecule has 7 atom stereocenters. The summed E-state index contributed by atoms with van der Waals surface area (Å²) in [5.74, 6) is -3.98. The number of carbonyl (C=O) groups excluding carboxylic acids is 6. The van der Waals surface area contributed by atoms with E-state index in [4.69, 9.17) is 14.2 Å². The van der Waals surface area contributed by atoms with E-state index in [9.17, 15) is 28.8 Å². The summed E-state index contributed by atoms with van der Waals surface area (Å²) in [5.41, 5.74) is 1.18. The minimum Gasteiger partial charge on any atom is -0.445 e. The summed E-state index contributed by atoms with van der Waals surface area (Å²) in [6.07, 6.45) is 7.37. The number of likely N-dealkylation sites (N-methyl/N-ethyl adjacent to an activating group) is 1. The molecule has 2 aromatic rings. The summed E-state index contributed by atoms with van der Waals surface area (Å²) in [4.78, 5) is 91.5. The molecule has 0 bridgehead atoms. The number of benzene rings is 2. The first-order valence-electron chi connectivity index (χ1n) is 24.2. The quantitative estimate of drug-likeness (QED) is 0.103. The number of aliphatic imine (C=N–C) groups is 1. The molecule has 1 fully saturated rings. The maximum Gasteiger partial charge on any atom is 0.407 e. The molecule has 2 aromatic carbocycles. The van der Waals surface area contributed by atoms with Crippen molar-refractivity contribution >= 4 is 41.3 Å². The van der Waals surface area contributed by atoms with Crippen molar-refractivity contribution < 1.29 is 43.0 Å². The van der Waals surface area contributed by atoms with Crippen LogP contribution in [0.4, 0.5) is 4.79 Å². The largest absolute Gasteiger partial charge is 0.445 e. The van der Waals surface area contributed by atoms with E-state index in [-0.39, 0.29) is 37.6 Å². The van der Waals surface area contributed by atoms with Gasteiger partial charge in [0.25, 0.3) is 11.8 Å². The average molecular weight is 917 g/mol. The molecule has 15 nitrogen and oxygen atoms in total. The first-order valence-corrected chi connectivity index (χ1v) is 24.2. The lowest BCUT2D eigenvalue weighted by Crippen LogP contribution is -2.57. The van der Waals surface area contributed by atoms with Gasteiger partial charge in [0.2, 0.25) is 17.7 Å². The number of amides is 6. The molecule has 0 aromatic heterocycles. The fourth-order valence-electron chi connectivity index (χ4n) is 8.51. The zero-order chi connectivity index (χ0) is 48.0. The second-order valence-corrected chi connectivity index (χ2v) is 18.5. The number of hydrogen-bond donors (Lipinski definition) is 4. The second kappa shape index (κ2) is 28.1. The van der Waals surface area contributed by atoms with Gasteiger partial charge in [0.15, 0.2) is 0 Å². The van der Waals surface area contributed by atoms with E-state index in [1.165, 1.54) is 4.90 Å². The third-order valence-corrected chi connectivity index (χ3v) is 12.5. The predicted octanol–water partition coefficient (Wildman–Crippen LogP) is 6.81. The van der Waals surface area contributed by atoms with Crippen molar-refractivity contribution in [3.05, 3.63) is 71.8 Å². The van der Waals surface area contributed by atoms with Crippen LogP contribution in [0.15, 0.2) is 65.7 Å². The molecular formula is C51H76N6O9. The zero-order valence-corrected chi connectivity index (χ0v) is 40.4. The number of ether oxygens (including phenoxy) is 3. The van der Waals surface area contributed by atoms with Gasteiger partial charge in [-0.2, -0.15) is 0 Å². The molecule has 1 saturated carbocycles. The van der Waals surface area contributed by atoms with E-state index in [1.54, 1.807) is 33.0 Å². The Hall–Kier alpha value is -5.15. The molecule has 0 radical (unpaired) electrons. The van der Waals surface area contributed by atoms with Gasteiger partial charge in [-0.15, -0.1) is 0 Å². The monoisotopic (exact) mass is 917 g/mol. The standard InChI is InChI=1S/C51H76N6O9/c1-8-9-10-21-28-43-36(5)50(62)57(7)42(29-34(2)3)47(59)56-45(40-26-19-11-12-20-27-40)49(61)54-41(30-52-51(63)66-33-39-24-17-14-18-25-39)46(58)55-44(48(60)53-35(4)31-65-43)37(6)64-32-38-22-15-13-16-23-38/h13-18,22-25,34-37,40,42-45H,8-12,19-21,26-33H2,1-7H3,(H,52,63)(H,53,60)(H,55,58)(H,56,59)/t35-,36-,37+,42+,43-,44+,45+/m1/s1. The highest BCUT2D eigenvalue weighted by atomic mass is 16.5. The van der Waals surface area contributed by atoms with Crippen LogP contribution in [0, 0.1) is 17.8 Å². The third kappa shape index (κ3) is 17.6. The van der Waals surface area contributed by atoms with E-state index in [0.29, 0.717) is 25.7 Å². The highest BCUT2D eigenvalue weighted by Gasteiger charge is 2.39. The van der Waals surface area contributed by atoms with E-state index < -0.39 is 84.3 Å². The van der Waals surface area contributed by atoms with Crippen LogP contribution in [-0.2, 0) is 51.4 Å². The van der Waals surface area contributed by atoms with Crippen LogP contribution in [0.1, 0.15) is 130 Å². The van der Waals surface area contributed by atoms with E-state index in [2.05, 4.69) is 33.2 Å². The molecule has 0 spiro atoms. The van der Waals surface area contributed by atoms with Crippen molar-refractivity contribution in [1.29, 1.82) is 0 Å². The molecule has 1 heterocycles. The molecule has 6 amide bonds. The van der Waals surface area contributed by atoms with Gasteiger partial charge in [0, 0.05) is 13.1 Å². The number of nitrogens with one attached hydrogen (secondary N) is 4. The minimum atomic E-state index is -1.30. The van der Waals surface area contributed by atoms with Crippen LogP contribution in [0.2, 0.25) is 0 Å². The van der Waals surface area contributed by atoms with Crippen molar-refractivity contribution in [1.82, 2.24) is 26.2 Å². The molecule has 0 unspecified atom stereocenters. The molecule has 4 rings (SSSR count). The molecule has 4 N–H and O–H groups in total. The molecular weight excluding hydrogens is 841 g/mol. The normalized spacial score (nSPS) is 24.2. The van der Waals surface area contributed by atoms with Crippen molar-refractivity contribution in [2.45, 2.75) is 168 Å². The van der Waals surface area contributed by atoms with Gasteiger partial charge in [0.05, 0.1) is 37.9 Å². The van der Waals surface area contributed by atoms with Gasteiger partial charge < -0.3 is 40.4 Å². The highest BCUT2D eigenvalue weighted by molar-refractivity contribution is 6.42. The highest BCUT2D eigenvalue weighted by Crippen LogP contribution is 2.28. The number of alkyl carbamates (subject to hydrolysis) is 1. The van der Waals surface area contributed by atoms with Gasteiger partial charge in [-0.3, -0.25) is 24.0 Å². The van der Waals surface area contributed by atoms with Gasteiger partial charge >= 0.3 is 6.09 Å². The van der Waals surface area contributed by atoms with Crippen molar-refractivity contribution in [3.8, 4) is 0 Å². The Labute approximate surface area is 392 Å². The van der Waals surface area contributed by atoms with Gasteiger partial charge in [-0.25, -0.2) is 9.79 Å². The summed E-state index contributed by atoms with van der Waals surface area (Å²) in [6.45, 7) is 10.9. The van der Waals surface area contributed by atoms with E-state index in [0.717, 1.165) is 62.5 Å². The molecule has 364 valence electrons. The van der Waals surface area contributed by atoms with Crippen LogP contribution in [0.25, 0.3) is 0 Å². The van der Waals surface area contributed by atoms with Crippen molar-refractivity contribution in [3.63, 3.8) is 0 Å². The second-order valence-electron chi connectivity index (χ2n) is 18.5. The molecule has 1 aliphatic heterocycles. The van der Waals surface area contributed by atoms with Gasteiger partial charge in [0.1, 0.15) is 30.4 Å². The first kappa shape index (κ1) is 53.5. The summed E-state index contributed by atoms with van der Waals surface area (Å²) in [6, 6.07) is 14.5. The smallest absolute Gasteiger partial charge is 0.407 e. The molecule has 15 heteroatoms. The Bertz CT molecular complexity index is 1870.